The van der Waals surface area contributed by atoms with E-state index >= 15 is 0 Å². The van der Waals surface area contributed by atoms with Gasteiger partial charge in [-0.05, 0) is 61.0 Å². The zero-order valence-electron chi connectivity index (χ0n) is 13.8. The normalized spacial score (nSPS) is 17.4. The van der Waals surface area contributed by atoms with E-state index in [1.165, 1.54) is 11.8 Å². The summed E-state index contributed by atoms with van der Waals surface area (Å²) >= 11 is 1.33. The zero-order chi connectivity index (χ0) is 17.1. The molecule has 24 heavy (non-hydrogen) atoms. The Balaban J connectivity index is 1.88. The fourth-order valence-corrected chi connectivity index (χ4v) is 3.37. The standard InChI is InChI=1S/C19H18N2O2S/c1-12-8-13(2)10-15(9-12)20-19-21-18(22)17(24-19)11-14-6-4-5-7-16(14)23-3/h4-11H,1-3H3,(H,20,21,22)/b17-11-. The molecular weight excluding hydrogens is 320 g/mol. The minimum atomic E-state index is -0.144. The number of aryl methyl sites for hydroxylation is 2. The maximum Gasteiger partial charge on any atom is 0.264 e. The SMILES string of the molecule is COc1ccccc1/C=C1\SC(=Nc2cc(C)cc(C)c2)NC1=O. The van der Waals surface area contributed by atoms with Gasteiger partial charge in [-0.3, -0.25) is 4.79 Å². The first-order valence-corrected chi connectivity index (χ1v) is 8.38. The highest BCUT2D eigenvalue weighted by molar-refractivity contribution is 8.18. The van der Waals surface area contributed by atoms with Crippen molar-refractivity contribution in [3.63, 3.8) is 0 Å². The van der Waals surface area contributed by atoms with E-state index < -0.39 is 0 Å². The van der Waals surface area contributed by atoms with Gasteiger partial charge in [-0.15, -0.1) is 0 Å². The van der Waals surface area contributed by atoms with Crippen molar-refractivity contribution in [2.45, 2.75) is 13.8 Å². The quantitative estimate of drug-likeness (QED) is 0.853. The fourth-order valence-electron chi connectivity index (χ4n) is 2.54. The Kier molecular flexibility index (Phi) is 4.71. The molecule has 1 amide bonds. The molecule has 1 aliphatic heterocycles. The fraction of sp³-hybridized carbons (Fsp3) is 0.158. The molecule has 122 valence electrons. The number of hydrogen-bond donors (Lipinski definition) is 1. The number of thioether (sulfide) groups is 1. The van der Waals surface area contributed by atoms with Crippen LogP contribution in [0, 0.1) is 13.8 Å². The van der Waals surface area contributed by atoms with Gasteiger partial charge in [0.05, 0.1) is 17.7 Å². The molecule has 0 saturated carbocycles. The summed E-state index contributed by atoms with van der Waals surface area (Å²) in [7, 11) is 1.62. The first kappa shape index (κ1) is 16.3. The lowest BCUT2D eigenvalue weighted by Gasteiger charge is -2.03. The molecule has 1 saturated heterocycles. The lowest BCUT2D eigenvalue weighted by atomic mass is 10.1. The van der Waals surface area contributed by atoms with E-state index in [0.29, 0.717) is 10.1 Å². The molecule has 0 aromatic heterocycles. The highest BCUT2D eigenvalue weighted by atomic mass is 32.2. The Hall–Kier alpha value is -2.53. The van der Waals surface area contributed by atoms with E-state index in [9.17, 15) is 4.79 Å². The maximum absolute atomic E-state index is 12.2. The Morgan fingerprint density at radius 3 is 2.54 bits per heavy atom. The number of ether oxygens (including phenoxy) is 1. The summed E-state index contributed by atoms with van der Waals surface area (Å²) < 4.78 is 5.32. The van der Waals surface area contributed by atoms with Crippen LogP contribution in [0.2, 0.25) is 0 Å². The van der Waals surface area contributed by atoms with E-state index in [0.717, 1.165) is 28.1 Å². The Labute approximate surface area is 145 Å². The maximum atomic E-state index is 12.2. The molecule has 0 spiro atoms. The van der Waals surface area contributed by atoms with Crippen LogP contribution in [-0.4, -0.2) is 18.2 Å². The van der Waals surface area contributed by atoms with Crippen molar-refractivity contribution in [1.82, 2.24) is 5.32 Å². The minimum absolute atomic E-state index is 0.144. The third-order valence-electron chi connectivity index (χ3n) is 3.51. The second-order valence-corrected chi connectivity index (χ2v) is 6.60. The van der Waals surface area contributed by atoms with Gasteiger partial charge in [0.2, 0.25) is 0 Å². The summed E-state index contributed by atoms with van der Waals surface area (Å²) in [6.07, 6.45) is 1.82. The van der Waals surface area contributed by atoms with Gasteiger partial charge >= 0.3 is 0 Å². The summed E-state index contributed by atoms with van der Waals surface area (Å²) in [6, 6.07) is 13.7. The van der Waals surface area contributed by atoms with Crippen molar-refractivity contribution in [3.8, 4) is 5.75 Å². The molecule has 1 heterocycles. The van der Waals surface area contributed by atoms with Crippen LogP contribution in [0.1, 0.15) is 16.7 Å². The molecule has 0 aliphatic carbocycles. The highest BCUT2D eigenvalue weighted by Gasteiger charge is 2.24. The van der Waals surface area contributed by atoms with E-state index in [-0.39, 0.29) is 5.91 Å². The summed E-state index contributed by atoms with van der Waals surface area (Å²) in [5.41, 5.74) is 4.00. The van der Waals surface area contributed by atoms with Crippen LogP contribution in [0.5, 0.6) is 5.75 Å². The van der Waals surface area contributed by atoms with Crippen molar-refractivity contribution in [2.24, 2.45) is 4.99 Å². The second-order valence-electron chi connectivity index (χ2n) is 5.57. The second kappa shape index (κ2) is 6.93. The Bertz CT molecular complexity index is 836. The summed E-state index contributed by atoms with van der Waals surface area (Å²) in [5, 5.41) is 3.40. The number of para-hydroxylation sites is 1. The van der Waals surface area contributed by atoms with Crippen LogP contribution < -0.4 is 10.1 Å². The van der Waals surface area contributed by atoms with Gasteiger partial charge in [0.25, 0.3) is 5.91 Å². The lowest BCUT2D eigenvalue weighted by Crippen LogP contribution is -2.19. The topological polar surface area (TPSA) is 50.7 Å². The highest BCUT2D eigenvalue weighted by Crippen LogP contribution is 2.30. The number of nitrogens with zero attached hydrogens (tertiary/aromatic N) is 1. The molecule has 4 nitrogen and oxygen atoms in total. The number of hydrogen-bond acceptors (Lipinski definition) is 4. The first-order valence-electron chi connectivity index (χ1n) is 7.56. The van der Waals surface area contributed by atoms with Crippen LogP contribution >= 0.6 is 11.8 Å². The van der Waals surface area contributed by atoms with Crippen molar-refractivity contribution >= 4 is 34.6 Å². The van der Waals surface area contributed by atoms with Crippen molar-refractivity contribution < 1.29 is 9.53 Å². The molecule has 3 rings (SSSR count). The van der Waals surface area contributed by atoms with Crippen molar-refractivity contribution in [2.75, 3.05) is 7.11 Å². The average Bonchev–Trinajstić information content (AvgIpc) is 2.86. The molecule has 0 radical (unpaired) electrons. The van der Waals surface area contributed by atoms with Gasteiger partial charge in [-0.25, -0.2) is 4.99 Å². The predicted molar refractivity (Wildman–Crippen MR) is 99.7 cm³/mol. The van der Waals surface area contributed by atoms with E-state index in [4.69, 9.17) is 4.74 Å². The summed E-state index contributed by atoms with van der Waals surface area (Å²) in [5.74, 6) is 0.590. The number of aliphatic imine (C=N–C) groups is 1. The number of methoxy groups -OCH3 is 1. The largest absolute Gasteiger partial charge is 0.496 e. The molecule has 0 atom stereocenters. The van der Waals surface area contributed by atoms with Gasteiger partial charge in [0.1, 0.15) is 5.75 Å². The minimum Gasteiger partial charge on any atom is -0.496 e. The number of amides is 1. The molecule has 0 unspecified atom stereocenters. The molecule has 2 aromatic rings. The number of nitrogens with one attached hydrogen (secondary N) is 1. The van der Waals surface area contributed by atoms with Gasteiger partial charge in [-0.2, -0.15) is 0 Å². The summed E-state index contributed by atoms with van der Waals surface area (Å²) in [4.78, 5) is 17.3. The lowest BCUT2D eigenvalue weighted by molar-refractivity contribution is -0.115. The third-order valence-corrected chi connectivity index (χ3v) is 4.42. The van der Waals surface area contributed by atoms with Crippen LogP contribution in [0.25, 0.3) is 6.08 Å². The van der Waals surface area contributed by atoms with Crippen LogP contribution in [0.4, 0.5) is 5.69 Å². The smallest absolute Gasteiger partial charge is 0.264 e. The van der Waals surface area contributed by atoms with Crippen LogP contribution in [0.15, 0.2) is 52.4 Å². The summed E-state index contributed by atoms with van der Waals surface area (Å²) in [6.45, 7) is 4.06. The zero-order valence-corrected chi connectivity index (χ0v) is 14.6. The van der Waals surface area contributed by atoms with Crippen LogP contribution in [0.3, 0.4) is 0 Å². The Morgan fingerprint density at radius 2 is 1.83 bits per heavy atom. The number of amidine groups is 1. The third kappa shape index (κ3) is 3.68. The average molecular weight is 338 g/mol. The van der Waals surface area contributed by atoms with Crippen LogP contribution in [-0.2, 0) is 4.79 Å². The molecule has 1 N–H and O–H groups in total. The van der Waals surface area contributed by atoms with Crippen molar-refractivity contribution in [3.05, 3.63) is 64.1 Å². The van der Waals surface area contributed by atoms with Gasteiger partial charge < -0.3 is 10.1 Å². The van der Waals surface area contributed by atoms with Gasteiger partial charge in [0, 0.05) is 5.56 Å². The molecule has 5 heteroatoms. The monoisotopic (exact) mass is 338 g/mol. The number of benzene rings is 2. The number of carbonyl (C=O) groups excluding carboxylic acids is 1. The van der Waals surface area contributed by atoms with Gasteiger partial charge in [-0.1, -0.05) is 24.3 Å². The Morgan fingerprint density at radius 1 is 1.12 bits per heavy atom. The van der Waals surface area contributed by atoms with E-state index in [1.54, 1.807) is 7.11 Å². The number of rotatable bonds is 3. The number of carbonyl (C=O) groups is 1. The first-order chi connectivity index (χ1) is 11.5. The van der Waals surface area contributed by atoms with E-state index in [2.05, 4.69) is 16.4 Å². The molecule has 1 fully saturated rings. The predicted octanol–water partition coefficient (Wildman–Crippen LogP) is 4.20. The van der Waals surface area contributed by atoms with E-state index in [1.807, 2.05) is 56.3 Å². The van der Waals surface area contributed by atoms with Gasteiger partial charge in [0.15, 0.2) is 5.17 Å². The molecule has 0 bridgehead atoms. The molecular formula is C19H18N2O2S. The van der Waals surface area contributed by atoms with Crippen molar-refractivity contribution in [1.29, 1.82) is 0 Å². The molecule has 1 aliphatic rings. The molecule has 2 aromatic carbocycles.